The van der Waals surface area contributed by atoms with Gasteiger partial charge in [0.25, 0.3) is 0 Å². The number of rotatable bonds is 8. The average Bonchev–Trinajstić information content (AvgIpc) is 3.39. The molecular weight excluding hydrogens is 456 g/mol. The second-order valence-corrected chi connectivity index (χ2v) is 9.11. The molecule has 3 N–H and O–H groups in total. The van der Waals surface area contributed by atoms with Gasteiger partial charge in [0.15, 0.2) is 0 Å². The van der Waals surface area contributed by atoms with Gasteiger partial charge in [0, 0.05) is 55.0 Å². The fourth-order valence-corrected chi connectivity index (χ4v) is 4.65. The van der Waals surface area contributed by atoms with E-state index in [1.165, 1.54) is 5.69 Å². The van der Waals surface area contributed by atoms with Crippen LogP contribution in [0.3, 0.4) is 0 Å². The second-order valence-electron chi connectivity index (χ2n) is 9.11. The van der Waals surface area contributed by atoms with Crippen LogP contribution >= 0.6 is 0 Å². The van der Waals surface area contributed by atoms with E-state index in [0.29, 0.717) is 19.0 Å². The first-order valence-corrected chi connectivity index (χ1v) is 12.5. The predicted molar refractivity (Wildman–Crippen MR) is 140 cm³/mol. The number of morpholine rings is 1. The van der Waals surface area contributed by atoms with E-state index >= 15 is 0 Å². The molecule has 2 aliphatic rings. The van der Waals surface area contributed by atoms with Crippen LogP contribution in [-0.4, -0.2) is 78.4 Å². The van der Waals surface area contributed by atoms with Crippen molar-refractivity contribution < 1.29 is 14.6 Å². The largest absolute Gasteiger partial charge is 0.395 e. The van der Waals surface area contributed by atoms with E-state index in [1.807, 2.05) is 42.5 Å². The SMILES string of the molecule is O=C(Nc1ccc(-c2ccnc(Nc3ccc(N4CCOCC4)cc3)n2)cc1)[C@H]1CCN(CCO)C1. The lowest BCUT2D eigenvalue weighted by Crippen LogP contribution is -2.36. The number of anilines is 4. The van der Waals surface area contributed by atoms with Crippen LogP contribution in [0.15, 0.2) is 60.8 Å². The number of benzene rings is 2. The zero-order chi connectivity index (χ0) is 24.7. The van der Waals surface area contributed by atoms with Crippen LogP contribution in [0.25, 0.3) is 11.3 Å². The van der Waals surface area contributed by atoms with Gasteiger partial charge in [-0.25, -0.2) is 9.97 Å². The number of ether oxygens (including phenoxy) is 1. The molecule has 0 unspecified atom stereocenters. The standard InChI is InChI=1S/C27H32N6O3/c34-16-13-32-12-10-21(19-32)26(35)29-22-3-1-20(2-4-22)25-9-11-28-27(31-25)30-23-5-7-24(8-6-23)33-14-17-36-18-15-33/h1-9,11,21,34H,10,12-19H2,(H,29,35)(H,28,30,31)/t21-/m0/s1. The van der Waals surface area contributed by atoms with Crippen LogP contribution in [0.5, 0.6) is 0 Å². The number of aliphatic hydroxyl groups is 1. The summed E-state index contributed by atoms with van der Waals surface area (Å²) in [7, 11) is 0. The maximum absolute atomic E-state index is 12.6. The summed E-state index contributed by atoms with van der Waals surface area (Å²) in [6.07, 6.45) is 2.55. The molecule has 2 fully saturated rings. The molecule has 1 atom stereocenters. The molecule has 5 rings (SSSR count). The number of nitrogens with one attached hydrogen (secondary N) is 2. The second kappa shape index (κ2) is 11.5. The molecule has 0 saturated carbocycles. The summed E-state index contributed by atoms with van der Waals surface area (Å²) >= 11 is 0. The first-order valence-electron chi connectivity index (χ1n) is 12.5. The van der Waals surface area contributed by atoms with Crippen LogP contribution in [0.1, 0.15) is 6.42 Å². The van der Waals surface area contributed by atoms with Crippen LogP contribution in [-0.2, 0) is 9.53 Å². The van der Waals surface area contributed by atoms with Gasteiger partial charge < -0.3 is 30.3 Å². The number of hydrogen-bond acceptors (Lipinski definition) is 8. The topological polar surface area (TPSA) is 103 Å². The predicted octanol–water partition coefficient (Wildman–Crippen LogP) is 2.98. The number of carbonyl (C=O) groups is 1. The number of aliphatic hydroxyl groups excluding tert-OH is 1. The first-order chi connectivity index (χ1) is 17.7. The first kappa shape index (κ1) is 24.2. The molecule has 9 heteroatoms. The Kier molecular flexibility index (Phi) is 7.70. The Balaban J connectivity index is 1.19. The zero-order valence-electron chi connectivity index (χ0n) is 20.3. The summed E-state index contributed by atoms with van der Waals surface area (Å²) in [5.41, 5.74) is 4.60. The Hall–Kier alpha value is -3.53. The number of β-amino-alcohol motifs (C(OH)–C–C–N with tert-alkyl or cyclic N) is 1. The molecule has 0 radical (unpaired) electrons. The summed E-state index contributed by atoms with van der Waals surface area (Å²) in [5.74, 6) is 0.503. The van der Waals surface area contributed by atoms with E-state index in [4.69, 9.17) is 9.84 Å². The third-order valence-electron chi connectivity index (χ3n) is 6.66. The highest BCUT2D eigenvalue weighted by molar-refractivity contribution is 5.93. The molecule has 1 aromatic heterocycles. The maximum atomic E-state index is 12.6. The Bertz CT molecular complexity index is 1150. The summed E-state index contributed by atoms with van der Waals surface area (Å²) in [6, 6.07) is 17.8. The van der Waals surface area contributed by atoms with Crippen molar-refractivity contribution in [3.63, 3.8) is 0 Å². The molecule has 2 aromatic carbocycles. The Morgan fingerprint density at radius 3 is 2.50 bits per heavy atom. The van der Waals surface area contributed by atoms with Crippen molar-refractivity contribution >= 4 is 28.9 Å². The quantitative estimate of drug-likeness (QED) is 0.445. The molecule has 36 heavy (non-hydrogen) atoms. The van der Waals surface area contributed by atoms with Crippen LogP contribution in [0.4, 0.5) is 23.0 Å². The van der Waals surface area contributed by atoms with Crippen LogP contribution in [0.2, 0.25) is 0 Å². The van der Waals surface area contributed by atoms with Gasteiger partial charge in [0.05, 0.1) is 31.4 Å². The van der Waals surface area contributed by atoms with Gasteiger partial charge in [0.2, 0.25) is 11.9 Å². The van der Waals surface area contributed by atoms with Gasteiger partial charge in [-0.2, -0.15) is 0 Å². The molecule has 3 heterocycles. The number of amides is 1. The van der Waals surface area contributed by atoms with E-state index in [1.54, 1.807) is 6.20 Å². The van der Waals surface area contributed by atoms with Gasteiger partial charge in [-0.3, -0.25) is 4.79 Å². The van der Waals surface area contributed by atoms with Gasteiger partial charge >= 0.3 is 0 Å². The minimum atomic E-state index is -0.0466. The van der Waals surface area contributed by atoms with Crippen molar-refractivity contribution in [1.82, 2.24) is 14.9 Å². The monoisotopic (exact) mass is 488 g/mol. The third-order valence-corrected chi connectivity index (χ3v) is 6.66. The molecule has 188 valence electrons. The smallest absolute Gasteiger partial charge is 0.228 e. The highest BCUT2D eigenvalue weighted by Crippen LogP contribution is 2.24. The van der Waals surface area contributed by atoms with E-state index in [9.17, 15) is 4.79 Å². The molecule has 2 aliphatic heterocycles. The van der Waals surface area contributed by atoms with Crippen molar-refractivity contribution in [2.75, 3.05) is 68.1 Å². The van der Waals surface area contributed by atoms with Crippen molar-refractivity contribution in [3.05, 3.63) is 60.8 Å². The van der Waals surface area contributed by atoms with E-state index in [0.717, 1.165) is 61.9 Å². The van der Waals surface area contributed by atoms with Crippen molar-refractivity contribution in [2.24, 2.45) is 5.92 Å². The minimum Gasteiger partial charge on any atom is -0.395 e. The number of carbonyl (C=O) groups excluding carboxylic acids is 1. The lowest BCUT2D eigenvalue weighted by atomic mass is 10.1. The van der Waals surface area contributed by atoms with Gasteiger partial charge in [-0.1, -0.05) is 12.1 Å². The molecule has 2 saturated heterocycles. The number of aromatic nitrogens is 2. The summed E-state index contributed by atoms with van der Waals surface area (Å²) < 4.78 is 5.43. The number of hydrogen-bond donors (Lipinski definition) is 3. The highest BCUT2D eigenvalue weighted by Gasteiger charge is 2.27. The Labute approximate surface area is 211 Å². The molecular formula is C27H32N6O3. The number of likely N-dealkylation sites (tertiary alicyclic amines) is 1. The van der Waals surface area contributed by atoms with Crippen molar-refractivity contribution in [1.29, 1.82) is 0 Å². The van der Waals surface area contributed by atoms with Gasteiger partial charge in [0.1, 0.15) is 0 Å². The van der Waals surface area contributed by atoms with E-state index < -0.39 is 0 Å². The Morgan fingerprint density at radius 1 is 1.00 bits per heavy atom. The van der Waals surface area contributed by atoms with Crippen LogP contribution < -0.4 is 15.5 Å². The lowest BCUT2D eigenvalue weighted by molar-refractivity contribution is -0.119. The van der Waals surface area contributed by atoms with Gasteiger partial charge in [-0.05, 0) is 55.4 Å². The zero-order valence-corrected chi connectivity index (χ0v) is 20.3. The summed E-state index contributed by atoms with van der Waals surface area (Å²) in [6.45, 7) is 5.62. The molecule has 1 amide bonds. The van der Waals surface area contributed by atoms with Gasteiger partial charge in [-0.15, -0.1) is 0 Å². The highest BCUT2D eigenvalue weighted by atomic mass is 16.5. The number of nitrogens with zero attached hydrogens (tertiary/aromatic N) is 4. The minimum absolute atomic E-state index is 0.0244. The van der Waals surface area contributed by atoms with E-state index in [2.05, 4.69) is 42.5 Å². The molecule has 0 spiro atoms. The Morgan fingerprint density at radius 2 is 1.75 bits per heavy atom. The van der Waals surface area contributed by atoms with Crippen molar-refractivity contribution in [2.45, 2.75) is 6.42 Å². The molecule has 0 aliphatic carbocycles. The lowest BCUT2D eigenvalue weighted by Gasteiger charge is -2.28. The fraction of sp³-hybridized carbons (Fsp3) is 0.370. The average molecular weight is 489 g/mol. The van der Waals surface area contributed by atoms with Crippen molar-refractivity contribution in [3.8, 4) is 11.3 Å². The van der Waals surface area contributed by atoms with E-state index in [-0.39, 0.29) is 18.4 Å². The molecule has 9 nitrogen and oxygen atoms in total. The molecule has 3 aromatic rings. The summed E-state index contributed by atoms with van der Waals surface area (Å²) in [4.78, 5) is 26.1. The maximum Gasteiger partial charge on any atom is 0.228 e. The summed E-state index contributed by atoms with van der Waals surface area (Å²) in [5, 5.41) is 15.4. The van der Waals surface area contributed by atoms with Crippen LogP contribution in [0, 0.1) is 5.92 Å². The molecule has 0 bridgehead atoms. The fourth-order valence-electron chi connectivity index (χ4n) is 4.65. The third kappa shape index (κ3) is 5.99. The normalized spacial score (nSPS) is 18.2.